The number of amides is 1. The van der Waals surface area contributed by atoms with Gasteiger partial charge in [-0.15, -0.1) is 23.1 Å². The zero-order valence-electron chi connectivity index (χ0n) is 15.6. The SMILES string of the molecule is COc1ccc(NC(=O)CSCc2cc(=O)n3c4c(sc3n2)CCCC4)cc1. The zero-order chi connectivity index (χ0) is 19.5. The van der Waals surface area contributed by atoms with Crippen LogP contribution in [-0.4, -0.2) is 28.2 Å². The van der Waals surface area contributed by atoms with E-state index in [0.29, 0.717) is 11.5 Å². The Hall–Kier alpha value is -2.32. The predicted molar refractivity (Wildman–Crippen MR) is 114 cm³/mol. The molecule has 0 fully saturated rings. The predicted octanol–water partition coefficient (Wildman–Crippen LogP) is 3.52. The van der Waals surface area contributed by atoms with Crippen molar-refractivity contribution in [1.29, 1.82) is 0 Å². The van der Waals surface area contributed by atoms with Crippen LogP contribution in [0, 0.1) is 0 Å². The summed E-state index contributed by atoms with van der Waals surface area (Å²) in [5.74, 6) is 1.49. The lowest BCUT2D eigenvalue weighted by atomic mass is 10.0. The molecule has 28 heavy (non-hydrogen) atoms. The summed E-state index contributed by atoms with van der Waals surface area (Å²) >= 11 is 3.08. The number of thioether (sulfide) groups is 1. The molecule has 0 atom stereocenters. The Labute approximate surface area is 171 Å². The molecular formula is C20H21N3O3S2. The standard InChI is InChI=1S/C20H21N3O3S2/c1-26-15-8-6-13(7-9-15)21-18(24)12-27-11-14-10-19(25)23-16-4-2-3-5-17(16)28-20(23)22-14/h6-10H,2-5,11-12H2,1H3,(H,21,24). The highest BCUT2D eigenvalue weighted by molar-refractivity contribution is 7.99. The molecule has 2 aromatic heterocycles. The number of rotatable bonds is 6. The van der Waals surface area contributed by atoms with Gasteiger partial charge in [0.25, 0.3) is 5.56 Å². The van der Waals surface area contributed by atoms with Crippen LogP contribution in [0.2, 0.25) is 0 Å². The number of nitrogens with zero attached hydrogens (tertiary/aromatic N) is 2. The number of fused-ring (bicyclic) bond motifs is 3. The Balaban J connectivity index is 1.37. The molecule has 0 unspecified atom stereocenters. The van der Waals surface area contributed by atoms with E-state index in [1.165, 1.54) is 23.1 Å². The molecule has 0 aliphatic heterocycles. The summed E-state index contributed by atoms with van der Waals surface area (Å²) < 4.78 is 6.87. The van der Waals surface area contributed by atoms with Crippen LogP contribution < -0.4 is 15.6 Å². The lowest BCUT2D eigenvalue weighted by Crippen LogP contribution is -2.18. The quantitative estimate of drug-likeness (QED) is 0.667. The van der Waals surface area contributed by atoms with Crippen LogP contribution >= 0.6 is 23.1 Å². The minimum Gasteiger partial charge on any atom is -0.497 e. The fourth-order valence-electron chi connectivity index (χ4n) is 3.34. The summed E-state index contributed by atoms with van der Waals surface area (Å²) in [5, 5.41) is 2.85. The fourth-order valence-corrected chi connectivity index (χ4v) is 5.28. The fraction of sp³-hybridized carbons (Fsp3) is 0.350. The van der Waals surface area contributed by atoms with Crippen LogP contribution in [0.25, 0.3) is 4.96 Å². The third-order valence-corrected chi connectivity index (χ3v) is 6.78. The van der Waals surface area contributed by atoms with Gasteiger partial charge in [-0.05, 0) is 49.9 Å². The number of thiazole rings is 1. The molecule has 3 aromatic rings. The molecule has 0 saturated heterocycles. The van der Waals surface area contributed by atoms with Crippen molar-refractivity contribution in [2.45, 2.75) is 31.4 Å². The molecule has 1 amide bonds. The zero-order valence-corrected chi connectivity index (χ0v) is 17.2. The molecule has 1 aliphatic carbocycles. The second-order valence-electron chi connectivity index (χ2n) is 6.65. The lowest BCUT2D eigenvalue weighted by Gasteiger charge is -2.10. The maximum atomic E-state index is 12.6. The van der Waals surface area contributed by atoms with Gasteiger partial charge in [0.1, 0.15) is 5.75 Å². The molecule has 1 N–H and O–H groups in total. The van der Waals surface area contributed by atoms with E-state index in [-0.39, 0.29) is 11.5 Å². The van der Waals surface area contributed by atoms with Crippen LogP contribution in [0.15, 0.2) is 35.1 Å². The number of aromatic nitrogens is 2. The largest absolute Gasteiger partial charge is 0.497 e. The second kappa shape index (κ2) is 8.36. The molecule has 1 aromatic carbocycles. The molecule has 4 rings (SSSR count). The van der Waals surface area contributed by atoms with Gasteiger partial charge in [0, 0.05) is 28.1 Å². The summed E-state index contributed by atoms with van der Waals surface area (Å²) in [7, 11) is 1.60. The number of benzene rings is 1. The molecule has 0 bridgehead atoms. The van der Waals surface area contributed by atoms with Crippen LogP contribution in [0.4, 0.5) is 5.69 Å². The van der Waals surface area contributed by atoms with Crippen molar-refractivity contribution in [3.8, 4) is 5.75 Å². The number of aryl methyl sites for hydroxylation is 2. The van der Waals surface area contributed by atoms with E-state index in [0.717, 1.165) is 47.0 Å². The Morgan fingerprint density at radius 2 is 2.07 bits per heavy atom. The van der Waals surface area contributed by atoms with Gasteiger partial charge in [-0.2, -0.15) is 0 Å². The lowest BCUT2D eigenvalue weighted by molar-refractivity contribution is -0.113. The number of carbonyl (C=O) groups is 1. The molecule has 1 aliphatic rings. The summed E-state index contributed by atoms with van der Waals surface area (Å²) in [6.07, 6.45) is 4.31. The summed E-state index contributed by atoms with van der Waals surface area (Å²) in [6.45, 7) is 0. The highest BCUT2D eigenvalue weighted by Gasteiger charge is 2.18. The number of hydrogen-bond acceptors (Lipinski definition) is 6. The Morgan fingerprint density at radius 1 is 1.29 bits per heavy atom. The van der Waals surface area contributed by atoms with Crippen LogP contribution in [0.1, 0.15) is 29.1 Å². The minimum atomic E-state index is -0.0837. The number of nitrogens with one attached hydrogen (secondary N) is 1. The van der Waals surface area contributed by atoms with Crippen molar-refractivity contribution in [2.24, 2.45) is 0 Å². The van der Waals surface area contributed by atoms with Crippen molar-refractivity contribution in [1.82, 2.24) is 9.38 Å². The number of carbonyl (C=O) groups excluding carboxylic acids is 1. The normalized spacial score (nSPS) is 13.3. The van der Waals surface area contributed by atoms with Gasteiger partial charge in [-0.1, -0.05) is 0 Å². The summed E-state index contributed by atoms with van der Waals surface area (Å²) in [4.78, 5) is 31.4. The topological polar surface area (TPSA) is 72.7 Å². The van der Waals surface area contributed by atoms with E-state index in [1.54, 1.807) is 53.2 Å². The van der Waals surface area contributed by atoms with Crippen LogP contribution in [0.5, 0.6) is 5.75 Å². The molecule has 8 heteroatoms. The van der Waals surface area contributed by atoms with Gasteiger partial charge in [0.2, 0.25) is 5.91 Å². The van der Waals surface area contributed by atoms with E-state index in [1.807, 2.05) is 0 Å². The van der Waals surface area contributed by atoms with Gasteiger partial charge in [0.15, 0.2) is 4.96 Å². The Kier molecular flexibility index (Phi) is 5.68. The number of methoxy groups -OCH3 is 1. The molecule has 0 spiro atoms. The first kappa shape index (κ1) is 19.0. The van der Waals surface area contributed by atoms with E-state index in [9.17, 15) is 9.59 Å². The molecule has 0 radical (unpaired) electrons. The first-order chi connectivity index (χ1) is 13.6. The van der Waals surface area contributed by atoms with E-state index < -0.39 is 0 Å². The van der Waals surface area contributed by atoms with Crippen LogP contribution in [-0.2, 0) is 23.4 Å². The highest BCUT2D eigenvalue weighted by Crippen LogP contribution is 2.28. The smallest absolute Gasteiger partial charge is 0.259 e. The first-order valence-electron chi connectivity index (χ1n) is 9.19. The third kappa shape index (κ3) is 4.07. The highest BCUT2D eigenvalue weighted by atomic mass is 32.2. The van der Waals surface area contributed by atoms with Gasteiger partial charge in [0.05, 0.1) is 18.6 Å². The van der Waals surface area contributed by atoms with Crippen molar-refractivity contribution in [3.63, 3.8) is 0 Å². The van der Waals surface area contributed by atoms with E-state index in [2.05, 4.69) is 10.3 Å². The molecular weight excluding hydrogens is 394 g/mol. The van der Waals surface area contributed by atoms with E-state index in [4.69, 9.17) is 4.74 Å². The first-order valence-corrected chi connectivity index (χ1v) is 11.2. The second-order valence-corrected chi connectivity index (χ2v) is 8.70. The maximum Gasteiger partial charge on any atom is 0.259 e. The summed E-state index contributed by atoms with van der Waals surface area (Å²) in [6, 6.07) is 8.81. The average molecular weight is 416 g/mol. The minimum absolute atomic E-state index is 0.0114. The van der Waals surface area contributed by atoms with Crippen LogP contribution in [0.3, 0.4) is 0 Å². The number of anilines is 1. The van der Waals surface area contributed by atoms with Gasteiger partial charge >= 0.3 is 0 Å². The summed E-state index contributed by atoms with van der Waals surface area (Å²) in [5.41, 5.74) is 2.59. The van der Waals surface area contributed by atoms with Crippen molar-refractivity contribution < 1.29 is 9.53 Å². The van der Waals surface area contributed by atoms with E-state index >= 15 is 0 Å². The molecule has 2 heterocycles. The molecule has 0 saturated carbocycles. The maximum absolute atomic E-state index is 12.6. The number of ether oxygens (including phenoxy) is 1. The van der Waals surface area contributed by atoms with Gasteiger partial charge in [-0.3, -0.25) is 14.0 Å². The third-order valence-electron chi connectivity index (χ3n) is 4.67. The van der Waals surface area contributed by atoms with Crippen molar-refractivity contribution in [2.75, 3.05) is 18.2 Å². The monoisotopic (exact) mass is 415 g/mol. The Bertz CT molecular complexity index is 1060. The Morgan fingerprint density at radius 3 is 2.86 bits per heavy atom. The average Bonchev–Trinajstić information content (AvgIpc) is 3.07. The van der Waals surface area contributed by atoms with Gasteiger partial charge in [-0.25, -0.2) is 4.98 Å². The number of hydrogen-bond donors (Lipinski definition) is 1. The molecule has 146 valence electrons. The van der Waals surface area contributed by atoms with Crippen molar-refractivity contribution >= 4 is 39.7 Å². The molecule has 6 nitrogen and oxygen atoms in total. The van der Waals surface area contributed by atoms with Gasteiger partial charge < -0.3 is 10.1 Å². The van der Waals surface area contributed by atoms with Crippen molar-refractivity contribution in [3.05, 3.63) is 57.0 Å².